The van der Waals surface area contributed by atoms with Crippen LogP contribution < -0.4 is 0 Å². The molecule has 1 rings (SSSR count). The molecule has 0 atom stereocenters. The number of ether oxygens (including phenoxy) is 1. The molecule has 0 aliphatic rings. The van der Waals surface area contributed by atoms with Gasteiger partial charge in [0.2, 0.25) is 5.82 Å². The van der Waals surface area contributed by atoms with Gasteiger partial charge in [-0.2, -0.15) is 0 Å². The van der Waals surface area contributed by atoms with E-state index < -0.39 is 73.9 Å². The van der Waals surface area contributed by atoms with E-state index in [4.69, 9.17) is 13.3 Å². The summed E-state index contributed by atoms with van der Waals surface area (Å²) in [5, 5.41) is 0. The highest BCUT2D eigenvalue weighted by molar-refractivity contribution is 6.65. The number of hydrogen-bond acceptors (Lipinski definition) is 8. The van der Waals surface area contributed by atoms with Crippen molar-refractivity contribution in [2.24, 2.45) is 0 Å². The number of esters is 1. The molecule has 0 aromatic heterocycles. The van der Waals surface area contributed by atoms with Crippen LogP contribution in [0, 0.1) is 29.1 Å². The molecule has 0 heterocycles. The van der Waals surface area contributed by atoms with Crippen molar-refractivity contribution < 1.29 is 59.1 Å². The molecule has 0 fully saturated rings. The van der Waals surface area contributed by atoms with Gasteiger partial charge in [-0.15, -0.1) is 0 Å². The molecule has 172 valence electrons. The quantitative estimate of drug-likeness (QED) is 0.135. The molecular formula is C17H17F5O8Si. The number of rotatable bonds is 9. The molecule has 0 saturated carbocycles. The molecule has 0 saturated heterocycles. The van der Waals surface area contributed by atoms with Gasteiger partial charge in [-0.05, 0) is 12.8 Å². The average molecular weight is 472 g/mol. The van der Waals surface area contributed by atoms with Crippen LogP contribution in [-0.2, 0) is 32.4 Å². The second-order valence-electron chi connectivity index (χ2n) is 6.00. The highest BCUT2D eigenvalue weighted by atomic mass is 28.4. The van der Waals surface area contributed by atoms with E-state index >= 15 is 0 Å². The summed E-state index contributed by atoms with van der Waals surface area (Å²) >= 11 is 0. The molecule has 0 radical (unpaired) electrons. The molecule has 8 nitrogen and oxygen atoms in total. The zero-order valence-electron chi connectivity index (χ0n) is 16.5. The number of halogens is 5. The smallest absolute Gasteiger partial charge is 0.462 e. The Kier molecular flexibility index (Phi) is 9.09. The molecule has 0 spiro atoms. The van der Waals surface area contributed by atoms with Crippen molar-refractivity contribution in [1.82, 2.24) is 0 Å². The third-order valence-electron chi connectivity index (χ3n) is 3.42. The lowest BCUT2D eigenvalue weighted by Crippen LogP contribution is -2.49. The minimum atomic E-state index is -4.11. The van der Waals surface area contributed by atoms with Crippen LogP contribution in [0.5, 0.6) is 0 Å². The van der Waals surface area contributed by atoms with Gasteiger partial charge in [0.25, 0.3) is 17.9 Å². The van der Waals surface area contributed by atoms with Crippen LogP contribution in [0.25, 0.3) is 0 Å². The Labute approximate surface area is 173 Å². The van der Waals surface area contributed by atoms with Crippen LogP contribution in [0.15, 0.2) is 0 Å². The molecule has 0 unspecified atom stereocenters. The normalized spacial score (nSPS) is 11.0. The molecule has 0 amide bonds. The first kappa shape index (κ1) is 26.0. The van der Waals surface area contributed by atoms with Gasteiger partial charge in [0.05, 0.1) is 12.7 Å². The highest BCUT2D eigenvalue weighted by Gasteiger charge is 2.51. The van der Waals surface area contributed by atoms with Crippen LogP contribution >= 0.6 is 0 Å². The van der Waals surface area contributed by atoms with Gasteiger partial charge in [-0.25, -0.2) is 26.7 Å². The lowest BCUT2D eigenvalue weighted by Gasteiger charge is -2.26. The predicted octanol–water partition coefficient (Wildman–Crippen LogP) is 2.95. The van der Waals surface area contributed by atoms with Crippen molar-refractivity contribution in [2.75, 3.05) is 6.61 Å². The summed E-state index contributed by atoms with van der Waals surface area (Å²) in [5.74, 6) is -16.2. The maximum Gasteiger partial charge on any atom is 0.705 e. The van der Waals surface area contributed by atoms with Gasteiger partial charge in [-0.3, -0.25) is 14.4 Å². The monoisotopic (exact) mass is 472 g/mol. The fourth-order valence-electron chi connectivity index (χ4n) is 2.34. The van der Waals surface area contributed by atoms with Gasteiger partial charge in [0.15, 0.2) is 23.3 Å². The van der Waals surface area contributed by atoms with Crippen molar-refractivity contribution in [2.45, 2.75) is 39.7 Å². The Morgan fingerprint density at radius 1 is 0.677 bits per heavy atom. The lowest BCUT2D eigenvalue weighted by atomic mass is 10.1. The molecule has 14 heteroatoms. The van der Waals surface area contributed by atoms with Crippen molar-refractivity contribution >= 4 is 32.7 Å². The van der Waals surface area contributed by atoms with E-state index in [1.54, 1.807) is 0 Å². The van der Waals surface area contributed by atoms with Crippen LogP contribution in [0.4, 0.5) is 22.0 Å². The maximum atomic E-state index is 13.6. The van der Waals surface area contributed by atoms with Crippen molar-refractivity contribution in [3.63, 3.8) is 0 Å². The summed E-state index contributed by atoms with van der Waals surface area (Å²) in [6, 6.07) is -0.272. The fraction of sp³-hybridized carbons (Fsp3) is 0.412. The largest absolute Gasteiger partial charge is 0.705 e. The summed E-state index contributed by atoms with van der Waals surface area (Å²) in [4.78, 5) is 45.6. The Morgan fingerprint density at radius 2 is 1.06 bits per heavy atom. The number of benzene rings is 1. The summed E-state index contributed by atoms with van der Waals surface area (Å²) in [6.45, 7) is 2.41. The fourth-order valence-corrected chi connectivity index (χ4v) is 4.77. The third kappa shape index (κ3) is 7.01. The Bertz CT molecular complexity index is 822. The molecule has 0 aliphatic heterocycles. The molecule has 31 heavy (non-hydrogen) atoms. The average Bonchev–Trinajstić information content (AvgIpc) is 2.62. The first-order chi connectivity index (χ1) is 14.3. The van der Waals surface area contributed by atoms with Gasteiger partial charge in [0, 0.05) is 20.8 Å². The van der Waals surface area contributed by atoms with Gasteiger partial charge in [-0.1, -0.05) is 0 Å². The van der Waals surface area contributed by atoms with E-state index in [9.17, 15) is 41.1 Å². The molecule has 0 N–H and O–H groups in total. The van der Waals surface area contributed by atoms with Crippen LogP contribution in [0.1, 0.15) is 44.0 Å². The standard InChI is InChI=1S/C17H17F5O8Si/c1-8(23)28-31(29-9(2)24,30-10(3)25)7-5-4-6-27-17(26)11-12(18)14(20)16(22)15(21)13(11)19/h4-7H2,1-3H3. The first-order valence-corrected chi connectivity index (χ1v) is 10.5. The predicted molar refractivity (Wildman–Crippen MR) is 91.6 cm³/mol. The zero-order valence-corrected chi connectivity index (χ0v) is 17.5. The number of carbonyl (C=O) groups is 4. The topological polar surface area (TPSA) is 105 Å². The lowest BCUT2D eigenvalue weighted by molar-refractivity contribution is -0.147. The molecule has 0 aliphatic carbocycles. The van der Waals surface area contributed by atoms with E-state index in [1.165, 1.54) is 0 Å². The molecule has 1 aromatic rings. The minimum Gasteiger partial charge on any atom is -0.462 e. The highest BCUT2D eigenvalue weighted by Crippen LogP contribution is 2.24. The summed E-state index contributed by atoms with van der Waals surface area (Å²) < 4.78 is 85.8. The van der Waals surface area contributed by atoms with E-state index in [1.807, 2.05) is 0 Å². The van der Waals surface area contributed by atoms with E-state index in [-0.39, 0.29) is 18.9 Å². The van der Waals surface area contributed by atoms with Gasteiger partial charge in [0.1, 0.15) is 5.56 Å². The van der Waals surface area contributed by atoms with Crippen LogP contribution in [-0.4, -0.2) is 39.3 Å². The summed E-state index contributed by atoms with van der Waals surface area (Å²) in [7, 11) is -4.11. The Hall–Kier alpha value is -3.03. The number of carbonyl (C=O) groups excluding carboxylic acids is 4. The molecule has 1 aromatic carbocycles. The van der Waals surface area contributed by atoms with Crippen molar-refractivity contribution in [3.8, 4) is 0 Å². The van der Waals surface area contributed by atoms with Crippen LogP contribution in [0.3, 0.4) is 0 Å². The first-order valence-electron chi connectivity index (χ1n) is 8.58. The summed E-state index contributed by atoms with van der Waals surface area (Å²) in [6.07, 6.45) is -0.135. The van der Waals surface area contributed by atoms with E-state index in [2.05, 4.69) is 4.74 Å². The second kappa shape index (κ2) is 10.8. The zero-order chi connectivity index (χ0) is 23.9. The molecule has 0 bridgehead atoms. The van der Waals surface area contributed by atoms with E-state index in [0.29, 0.717) is 0 Å². The van der Waals surface area contributed by atoms with Crippen molar-refractivity contribution in [1.29, 1.82) is 0 Å². The summed E-state index contributed by atoms with van der Waals surface area (Å²) in [5.41, 5.74) is -1.75. The molecular weight excluding hydrogens is 455 g/mol. The van der Waals surface area contributed by atoms with Crippen LogP contribution in [0.2, 0.25) is 6.04 Å². The van der Waals surface area contributed by atoms with Gasteiger partial charge < -0.3 is 18.0 Å². The van der Waals surface area contributed by atoms with E-state index in [0.717, 1.165) is 20.8 Å². The Morgan fingerprint density at radius 3 is 1.45 bits per heavy atom. The third-order valence-corrected chi connectivity index (χ3v) is 6.18. The van der Waals surface area contributed by atoms with Gasteiger partial charge >= 0.3 is 14.8 Å². The number of unbranched alkanes of at least 4 members (excludes halogenated alkanes) is 1. The minimum absolute atomic E-state index is 0.0373. The Balaban J connectivity index is 2.80. The number of hydrogen-bond donors (Lipinski definition) is 0. The SMILES string of the molecule is CC(=O)O[Si](CCCCOC(=O)c1c(F)c(F)c(F)c(F)c1F)(OC(C)=O)OC(C)=O. The maximum absolute atomic E-state index is 13.6. The second-order valence-corrected chi connectivity index (χ2v) is 8.48. The van der Waals surface area contributed by atoms with Crippen molar-refractivity contribution in [3.05, 3.63) is 34.6 Å².